The average Bonchev–Trinajstić information content (AvgIpc) is 3.29. The van der Waals surface area contributed by atoms with E-state index < -0.39 is 0 Å². The molecule has 2 heterocycles. The van der Waals surface area contributed by atoms with Crippen LogP contribution in [0.15, 0.2) is 42.5 Å². The lowest BCUT2D eigenvalue weighted by Gasteiger charge is -2.09. The van der Waals surface area contributed by atoms with Gasteiger partial charge in [-0.15, -0.1) is 0 Å². The Kier molecular flexibility index (Phi) is 4.47. The van der Waals surface area contributed by atoms with E-state index in [1.165, 1.54) is 12.1 Å². The van der Waals surface area contributed by atoms with E-state index in [-0.39, 0.29) is 17.6 Å². The molecular weight excluding hydrogens is 331 g/mol. The maximum atomic E-state index is 13.2. The standard InChI is InChI=1S/C21H21FN2O2/c1-13-18-10-14(11-23-21(25)16-8-9-26-12-16)2-7-19(18)24-20(13)15-3-5-17(22)6-4-15/h2-7,10,16,24H,8-9,11-12H2,1H3,(H,23,25)/t16-/m1/s1. The zero-order valence-corrected chi connectivity index (χ0v) is 14.6. The van der Waals surface area contributed by atoms with Crippen LogP contribution in [0, 0.1) is 18.7 Å². The molecule has 1 aromatic heterocycles. The van der Waals surface area contributed by atoms with Gasteiger partial charge in [0.2, 0.25) is 5.91 Å². The highest BCUT2D eigenvalue weighted by atomic mass is 19.1. The maximum Gasteiger partial charge on any atom is 0.225 e. The molecule has 1 atom stereocenters. The fourth-order valence-corrected chi connectivity index (χ4v) is 3.46. The van der Waals surface area contributed by atoms with Crippen LogP contribution in [-0.4, -0.2) is 24.1 Å². The summed E-state index contributed by atoms with van der Waals surface area (Å²) in [5.74, 6) is -0.216. The van der Waals surface area contributed by atoms with Crippen molar-refractivity contribution in [2.24, 2.45) is 5.92 Å². The molecule has 1 aliphatic heterocycles. The molecule has 4 nitrogen and oxygen atoms in total. The minimum atomic E-state index is -0.242. The zero-order valence-electron chi connectivity index (χ0n) is 14.6. The zero-order chi connectivity index (χ0) is 18.1. The fraction of sp³-hybridized carbons (Fsp3) is 0.286. The Morgan fingerprint density at radius 3 is 2.81 bits per heavy atom. The second-order valence-corrected chi connectivity index (χ2v) is 6.79. The van der Waals surface area contributed by atoms with Crippen LogP contribution in [0.1, 0.15) is 17.5 Å². The number of benzene rings is 2. The number of aromatic nitrogens is 1. The second kappa shape index (κ2) is 6.92. The molecule has 4 rings (SSSR count). The Balaban J connectivity index is 1.56. The number of hydrogen-bond acceptors (Lipinski definition) is 2. The largest absolute Gasteiger partial charge is 0.381 e. The van der Waals surface area contributed by atoms with Crippen molar-refractivity contribution in [2.75, 3.05) is 13.2 Å². The topological polar surface area (TPSA) is 54.1 Å². The predicted molar refractivity (Wildman–Crippen MR) is 99.2 cm³/mol. The summed E-state index contributed by atoms with van der Waals surface area (Å²) in [5.41, 5.74) is 5.14. The van der Waals surface area contributed by atoms with Crippen molar-refractivity contribution in [3.8, 4) is 11.3 Å². The minimum Gasteiger partial charge on any atom is -0.381 e. The Morgan fingerprint density at radius 2 is 2.08 bits per heavy atom. The van der Waals surface area contributed by atoms with E-state index in [1.54, 1.807) is 12.1 Å². The van der Waals surface area contributed by atoms with E-state index in [4.69, 9.17) is 4.74 Å². The number of H-pyrrole nitrogens is 1. The molecule has 0 radical (unpaired) electrons. The van der Waals surface area contributed by atoms with Crippen LogP contribution in [0.5, 0.6) is 0 Å². The van der Waals surface area contributed by atoms with Crippen LogP contribution in [0.2, 0.25) is 0 Å². The Bertz CT molecular complexity index is 941. The van der Waals surface area contributed by atoms with Crippen molar-refractivity contribution < 1.29 is 13.9 Å². The number of nitrogens with one attached hydrogen (secondary N) is 2. The summed E-state index contributed by atoms with van der Waals surface area (Å²) >= 11 is 0. The van der Waals surface area contributed by atoms with Gasteiger partial charge in [-0.05, 0) is 66.4 Å². The molecule has 26 heavy (non-hydrogen) atoms. The Morgan fingerprint density at radius 1 is 1.27 bits per heavy atom. The van der Waals surface area contributed by atoms with Gasteiger partial charge in [-0.1, -0.05) is 6.07 Å². The van der Waals surface area contributed by atoms with Crippen molar-refractivity contribution in [2.45, 2.75) is 19.9 Å². The Hall–Kier alpha value is -2.66. The number of aromatic amines is 1. The summed E-state index contributed by atoms with van der Waals surface area (Å²) in [5, 5.41) is 4.11. The number of ether oxygens (including phenoxy) is 1. The minimum absolute atomic E-state index is 0.0298. The van der Waals surface area contributed by atoms with E-state index >= 15 is 0 Å². The van der Waals surface area contributed by atoms with Gasteiger partial charge in [0.1, 0.15) is 5.82 Å². The molecule has 3 aromatic rings. The highest BCUT2D eigenvalue weighted by molar-refractivity contribution is 5.91. The molecule has 134 valence electrons. The lowest BCUT2D eigenvalue weighted by molar-refractivity contribution is -0.125. The van der Waals surface area contributed by atoms with Crippen LogP contribution in [0.3, 0.4) is 0 Å². The van der Waals surface area contributed by atoms with Gasteiger partial charge in [-0.25, -0.2) is 4.39 Å². The van der Waals surface area contributed by atoms with E-state index in [9.17, 15) is 9.18 Å². The van der Waals surface area contributed by atoms with E-state index in [1.807, 2.05) is 12.1 Å². The summed E-state index contributed by atoms with van der Waals surface area (Å²) < 4.78 is 18.4. The molecule has 1 aliphatic rings. The SMILES string of the molecule is Cc1c(-c2ccc(F)cc2)[nH]c2ccc(CNC(=O)[C@@H]3CCOC3)cc12. The van der Waals surface area contributed by atoms with Crippen molar-refractivity contribution >= 4 is 16.8 Å². The first-order valence-electron chi connectivity index (χ1n) is 8.84. The molecule has 2 N–H and O–H groups in total. The molecule has 0 saturated carbocycles. The number of carbonyl (C=O) groups excluding carboxylic acids is 1. The number of aryl methyl sites for hydroxylation is 1. The maximum absolute atomic E-state index is 13.2. The van der Waals surface area contributed by atoms with Crippen LogP contribution in [0.4, 0.5) is 4.39 Å². The van der Waals surface area contributed by atoms with Gasteiger partial charge in [0, 0.05) is 29.7 Å². The smallest absolute Gasteiger partial charge is 0.225 e. The molecular formula is C21H21FN2O2. The molecule has 0 unspecified atom stereocenters. The first kappa shape index (κ1) is 16.8. The molecule has 2 aromatic carbocycles. The number of amides is 1. The highest BCUT2D eigenvalue weighted by Crippen LogP contribution is 2.30. The molecule has 1 saturated heterocycles. The number of fused-ring (bicyclic) bond motifs is 1. The van der Waals surface area contributed by atoms with Gasteiger partial charge in [0.05, 0.1) is 12.5 Å². The third kappa shape index (κ3) is 3.22. The number of rotatable bonds is 4. The van der Waals surface area contributed by atoms with E-state index in [0.29, 0.717) is 19.8 Å². The van der Waals surface area contributed by atoms with Gasteiger partial charge in [-0.3, -0.25) is 4.79 Å². The Labute approximate surface area is 151 Å². The first-order chi connectivity index (χ1) is 12.6. The van der Waals surface area contributed by atoms with Crippen molar-refractivity contribution in [1.82, 2.24) is 10.3 Å². The summed E-state index contributed by atoms with van der Waals surface area (Å²) in [7, 11) is 0. The third-order valence-corrected chi connectivity index (χ3v) is 5.02. The quantitative estimate of drug-likeness (QED) is 0.747. The van der Waals surface area contributed by atoms with Crippen molar-refractivity contribution in [1.29, 1.82) is 0 Å². The van der Waals surface area contributed by atoms with Crippen molar-refractivity contribution in [3.63, 3.8) is 0 Å². The van der Waals surface area contributed by atoms with Crippen molar-refractivity contribution in [3.05, 3.63) is 59.4 Å². The van der Waals surface area contributed by atoms with E-state index in [0.717, 1.165) is 39.7 Å². The summed E-state index contributed by atoms with van der Waals surface area (Å²) in [6, 6.07) is 12.6. The van der Waals surface area contributed by atoms with Crippen LogP contribution in [-0.2, 0) is 16.1 Å². The lowest BCUT2D eigenvalue weighted by Crippen LogP contribution is -2.30. The third-order valence-electron chi connectivity index (χ3n) is 5.02. The van der Waals surface area contributed by atoms with Gasteiger partial charge in [0.25, 0.3) is 0 Å². The molecule has 5 heteroatoms. The molecule has 0 bridgehead atoms. The number of halogens is 1. The lowest BCUT2D eigenvalue weighted by atomic mass is 10.0. The molecule has 0 aliphatic carbocycles. The summed E-state index contributed by atoms with van der Waals surface area (Å²) in [6.07, 6.45) is 0.794. The van der Waals surface area contributed by atoms with Crippen LogP contribution in [0.25, 0.3) is 22.2 Å². The van der Waals surface area contributed by atoms with Crippen LogP contribution < -0.4 is 5.32 Å². The van der Waals surface area contributed by atoms with Gasteiger partial charge in [0.15, 0.2) is 0 Å². The summed E-state index contributed by atoms with van der Waals surface area (Å²) in [4.78, 5) is 15.5. The fourth-order valence-electron chi connectivity index (χ4n) is 3.46. The van der Waals surface area contributed by atoms with Crippen LogP contribution >= 0.6 is 0 Å². The molecule has 1 fully saturated rings. The summed E-state index contributed by atoms with van der Waals surface area (Å²) in [6.45, 7) is 3.74. The number of carbonyl (C=O) groups is 1. The normalized spacial score (nSPS) is 16.9. The first-order valence-corrected chi connectivity index (χ1v) is 8.84. The highest BCUT2D eigenvalue weighted by Gasteiger charge is 2.23. The second-order valence-electron chi connectivity index (χ2n) is 6.79. The molecule has 0 spiro atoms. The average molecular weight is 352 g/mol. The predicted octanol–water partition coefficient (Wildman–Crippen LogP) is 3.94. The number of hydrogen-bond donors (Lipinski definition) is 2. The van der Waals surface area contributed by atoms with E-state index in [2.05, 4.69) is 23.3 Å². The molecule has 1 amide bonds. The van der Waals surface area contributed by atoms with Gasteiger partial charge < -0.3 is 15.0 Å². The monoisotopic (exact) mass is 352 g/mol. The van der Waals surface area contributed by atoms with Gasteiger partial charge >= 0.3 is 0 Å². The van der Waals surface area contributed by atoms with Gasteiger partial charge in [-0.2, -0.15) is 0 Å².